The highest BCUT2D eigenvalue weighted by atomic mass is 32.2. The van der Waals surface area contributed by atoms with Crippen LogP contribution in [0.25, 0.3) is 11.1 Å². The molecule has 5 nitrogen and oxygen atoms in total. The molecule has 0 aliphatic rings. The van der Waals surface area contributed by atoms with E-state index in [9.17, 15) is 13.2 Å². The Kier molecular flexibility index (Phi) is 5.39. The van der Waals surface area contributed by atoms with E-state index in [0.29, 0.717) is 5.56 Å². The van der Waals surface area contributed by atoms with Gasteiger partial charge in [-0.1, -0.05) is 54.1 Å². The van der Waals surface area contributed by atoms with Crippen LogP contribution < -0.4 is 4.72 Å². The van der Waals surface area contributed by atoms with Crippen LogP contribution in [0.2, 0.25) is 0 Å². The summed E-state index contributed by atoms with van der Waals surface area (Å²) in [6, 6.07) is 20.8. The van der Waals surface area contributed by atoms with Crippen molar-refractivity contribution in [3.05, 3.63) is 89.5 Å². The Balaban J connectivity index is 1.71. The Morgan fingerprint density at radius 1 is 0.852 bits per heavy atom. The number of aryl methyl sites for hydroxylation is 1. The summed E-state index contributed by atoms with van der Waals surface area (Å²) in [7, 11) is -3.66. The van der Waals surface area contributed by atoms with Gasteiger partial charge in [-0.3, -0.25) is 0 Å². The first-order chi connectivity index (χ1) is 12.8. The van der Waals surface area contributed by atoms with Gasteiger partial charge in [0.05, 0.1) is 10.5 Å². The molecule has 0 fully saturated rings. The largest absolute Gasteiger partial charge is 0.478 e. The molecule has 0 radical (unpaired) electrons. The van der Waals surface area contributed by atoms with Gasteiger partial charge in [-0.2, -0.15) is 0 Å². The molecule has 0 saturated carbocycles. The van der Waals surface area contributed by atoms with Crippen LogP contribution in [0.4, 0.5) is 0 Å². The molecule has 3 aromatic rings. The Labute approximate surface area is 158 Å². The molecule has 2 N–H and O–H groups in total. The zero-order valence-corrected chi connectivity index (χ0v) is 15.5. The molecule has 0 heterocycles. The second-order valence-electron chi connectivity index (χ2n) is 6.22. The number of carboxylic acids is 1. The van der Waals surface area contributed by atoms with Crippen molar-refractivity contribution in [1.82, 2.24) is 4.72 Å². The maximum atomic E-state index is 12.5. The first-order valence-electron chi connectivity index (χ1n) is 8.34. The third-order valence-corrected chi connectivity index (χ3v) is 5.63. The Bertz CT molecular complexity index is 1040. The predicted molar refractivity (Wildman–Crippen MR) is 104 cm³/mol. The van der Waals surface area contributed by atoms with E-state index in [1.807, 2.05) is 31.2 Å². The van der Waals surface area contributed by atoms with Crippen LogP contribution in [0, 0.1) is 6.92 Å². The lowest BCUT2D eigenvalue weighted by Gasteiger charge is -2.08. The summed E-state index contributed by atoms with van der Waals surface area (Å²) in [5.74, 6) is -1.02. The highest BCUT2D eigenvalue weighted by molar-refractivity contribution is 7.89. The van der Waals surface area contributed by atoms with E-state index < -0.39 is 16.0 Å². The zero-order chi connectivity index (χ0) is 19.4. The topological polar surface area (TPSA) is 83.5 Å². The molecule has 6 heteroatoms. The number of carbonyl (C=O) groups is 1. The van der Waals surface area contributed by atoms with Gasteiger partial charge in [0.25, 0.3) is 0 Å². The van der Waals surface area contributed by atoms with Gasteiger partial charge in [-0.25, -0.2) is 17.9 Å². The maximum absolute atomic E-state index is 12.5. The summed E-state index contributed by atoms with van der Waals surface area (Å²) < 4.78 is 27.5. The molecule has 27 heavy (non-hydrogen) atoms. The van der Waals surface area contributed by atoms with Crippen LogP contribution in [0.1, 0.15) is 21.5 Å². The molecule has 138 valence electrons. The van der Waals surface area contributed by atoms with E-state index in [1.54, 1.807) is 36.4 Å². The van der Waals surface area contributed by atoms with Crippen LogP contribution >= 0.6 is 0 Å². The van der Waals surface area contributed by atoms with Gasteiger partial charge < -0.3 is 5.11 Å². The quantitative estimate of drug-likeness (QED) is 0.680. The maximum Gasteiger partial charge on any atom is 0.335 e. The molecule has 0 atom stereocenters. The summed E-state index contributed by atoms with van der Waals surface area (Å²) in [4.78, 5) is 11.0. The number of hydrogen-bond acceptors (Lipinski definition) is 3. The lowest BCUT2D eigenvalue weighted by atomic mass is 10.0. The van der Waals surface area contributed by atoms with Crippen molar-refractivity contribution in [1.29, 1.82) is 0 Å². The normalized spacial score (nSPS) is 11.3. The van der Waals surface area contributed by atoms with Gasteiger partial charge in [0.1, 0.15) is 0 Å². The number of sulfonamides is 1. The van der Waals surface area contributed by atoms with E-state index in [4.69, 9.17) is 5.11 Å². The van der Waals surface area contributed by atoms with E-state index in [2.05, 4.69) is 4.72 Å². The highest BCUT2D eigenvalue weighted by Crippen LogP contribution is 2.22. The number of hydrogen-bond donors (Lipinski definition) is 2. The minimum Gasteiger partial charge on any atom is -0.478 e. The van der Waals surface area contributed by atoms with E-state index in [1.165, 1.54) is 17.7 Å². The third-order valence-electron chi connectivity index (χ3n) is 4.22. The first kappa shape index (κ1) is 18.8. The lowest BCUT2D eigenvalue weighted by Crippen LogP contribution is -2.23. The van der Waals surface area contributed by atoms with Crippen LogP contribution in [0.3, 0.4) is 0 Å². The van der Waals surface area contributed by atoms with Crippen LogP contribution in [-0.2, 0) is 16.6 Å². The molecule has 0 aromatic heterocycles. The molecule has 0 bridgehead atoms. The average Bonchev–Trinajstić information content (AvgIpc) is 2.67. The second-order valence-corrected chi connectivity index (χ2v) is 7.98. The highest BCUT2D eigenvalue weighted by Gasteiger charge is 2.14. The lowest BCUT2D eigenvalue weighted by molar-refractivity contribution is 0.0697. The van der Waals surface area contributed by atoms with Crippen molar-refractivity contribution < 1.29 is 18.3 Å². The molecule has 0 amide bonds. The standard InChI is InChI=1S/C21H19NO4S/c1-15-2-6-17(7-3-15)18-10-12-20(13-11-18)27(25,26)22-14-16-4-8-19(9-5-16)21(23)24/h2-13,22H,14H2,1H3,(H,23,24). The van der Waals surface area contributed by atoms with Crippen molar-refractivity contribution in [2.45, 2.75) is 18.4 Å². The third kappa shape index (κ3) is 4.61. The Hall–Kier alpha value is -2.96. The number of carboxylic acid groups (broad SMARTS) is 1. The molecular weight excluding hydrogens is 362 g/mol. The molecule has 3 rings (SSSR count). The molecule has 3 aromatic carbocycles. The summed E-state index contributed by atoms with van der Waals surface area (Å²) in [5.41, 5.74) is 3.97. The van der Waals surface area contributed by atoms with Crippen molar-refractivity contribution >= 4 is 16.0 Å². The molecular formula is C21H19NO4S. The fourth-order valence-electron chi connectivity index (χ4n) is 2.60. The van der Waals surface area contributed by atoms with Gasteiger partial charge in [0, 0.05) is 6.54 Å². The van der Waals surface area contributed by atoms with E-state index in [0.717, 1.165) is 11.1 Å². The van der Waals surface area contributed by atoms with E-state index >= 15 is 0 Å². The van der Waals surface area contributed by atoms with Gasteiger partial charge in [-0.05, 0) is 47.9 Å². The summed E-state index contributed by atoms with van der Waals surface area (Å²) in [6.07, 6.45) is 0. The molecule has 0 aliphatic heterocycles. The number of benzene rings is 3. The molecule has 0 saturated heterocycles. The van der Waals surface area contributed by atoms with Crippen molar-refractivity contribution in [3.8, 4) is 11.1 Å². The summed E-state index contributed by atoms with van der Waals surface area (Å²) in [6.45, 7) is 2.10. The van der Waals surface area contributed by atoms with E-state index in [-0.39, 0.29) is 17.0 Å². The smallest absolute Gasteiger partial charge is 0.335 e. The number of rotatable bonds is 6. The monoisotopic (exact) mass is 381 g/mol. The predicted octanol–water partition coefficient (Wildman–Crippen LogP) is 3.84. The second kappa shape index (κ2) is 7.73. The van der Waals surface area contributed by atoms with Gasteiger partial charge in [0.2, 0.25) is 10.0 Å². The van der Waals surface area contributed by atoms with Crippen molar-refractivity contribution in [2.24, 2.45) is 0 Å². The minimum absolute atomic E-state index is 0.0853. The first-order valence-corrected chi connectivity index (χ1v) is 9.82. The fourth-order valence-corrected chi connectivity index (χ4v) is 3.62. The number of nitrogens with one attached hydrogen (secondary N) is 1. The number of aromatic carboxylic acids is 1. The van der Waals surface area contributed by atoms with Crippen LogP contribution in [0.5, 0.6) is 0 Å². The zero-order valence-electron chi connectivity index (χ0n) is 14.7. The fraction of sp³-hybridized carbons (Fsp3) is 0.0952. The summed E-state index contributed by atoms with van der Waals surface area (Å²) >= 11 is 0. The average molecular weight is 381 g/mol. The molecule has 0 aliphatic carbocycles. The Morgan fingerprint density at radius 2 is 1.37 bits per heavy atom. The van der Waals surface area contributed by atoms with Crippen LogP contribution in [0.15, 0.2) is 77.7 Å². The van der Waals surface area contributed by atoms with Crippen molar-refractivity contribution in [2.75, 3.05) is 0 Å². The van der Waals surface area contributed by atoms with Crippen LogP contribution in [-0.4, -0.2) is 19.5 Å². The SMILES string of the molecule is Cc1ccc(-c2ccc(S(=O)(=O)NCc3ccc(C(=O)O)cc3)cc2)cc1. The molecule has 0 spiro atoms. The summed E-state index contributed by atoms with van der Waals surface area (Å²) in [5, 5.41) is 8.89. The minimum atomic E-state index is -3.66. The molecule has 0 unspecified atom stereocenters. The van der Waals surface area contributed by atoms with Gasteiger partial charge in [0.15, 0.2) is 0 Å². The van der Waals surface area contributed by atoms with Gasteiger partial charge in [-0.15, -0.1) is 0 Å². The Morgan fingerprint density at radius 3 is 1.89 bits per heavy atom. The van der Waals surface area contributed by atoms with Gasteiger partial charge >= 0.3 is 5.97 Å². The van der Waals surface area contributed by atoms with Crippen molar-refractivity contribution in [3.63, 3.8) is 0 Å².